The van der Waals surface area contributed by atoms with Crippen LogP contribution in [-0.4, -0.2) is 16.4 Å². The van der Waals surface area contributed by atoms with Crippen LogP contribution in [0.25, 0.3) is 0 Å². The fourth-order valence-corrected chi connectivity index (χ4v) is 1.98. The van der Waals surface area contributed by atoms with Crippen molar-refractivity contribution in [2.45, 2.75) is 6.92 Å². The van der Waals surface area contributed by atoms with Gasteiger partial charge in [-0.1, -0.05) is 6.07 Å². The number of hydrogen-bond acceptors (Lipinski definition) is 4. The predicted molar refractivity (Wildman–Crippen MR) is 76.2 cm³/mol. The summed E-state index contributed by atoms with van der Waals surface area (Å²) < 4.78 is 11.4. The number of furan rings is 2. The van der Waals surface area contributed by atoms with Gasteiger partial charge in [0.1, 0.15) is 5.49 Å². The lowest BCUT2D eigenvalue weighted by Crippen LogP contribution is -2.30. The molecule has 3 aromatic heterocycles. The second-order valence-corrected chi connectivity index (χ2v) is 4.56. The van der Waals surface area contributed by atoms with Crippen molar-refractivity contribution in [3.8, 4) is 0 Å². The van der Waals surface area contributed by atoms with Gasteiger partial charge in [0.15, 0.2) is 11.5 Å². The molecule has 0 saturated carbocycles. The molecule has 0 unspecified atom stereocenters. The SMILES string of the molecule is Cc1cccn(C(=O)c2ccco2)c1=NC(=O)c1ccco1. The molecule has 0 atom stereocenters. The van der Waals surface area contributed by atoms with Gasteiger partial charge in [0, 0.05) is 6.20 Å². The number of carbonyl (C=O) groups is 2. The van der Waals surface area contributed by atoms with E-state index in [-0.39, 0.29) is 17.0 Å². The summed E-state index contributed by atoms with van der Waals surface area (Å²) in [6.07, 6.45) is 4.34. The van der Waals surface area contributed by atoms with E-state index in [0.29, 0.717) is 5.56 Å². The highest BCUT2D eigenvalue weighted by molar-refractivity contribution is 5.94. The molecule has 3 aromatic rings. The number of rotatable bonds is 2. The van der Waals surface area contributed by atoms with Gasteiger partial charge in [0.2, 0.25) is 0 Å². The number of aryl methyl sites for hydroxylation is 1. The molecule has 0 aromatic carbocycles. The topological polar surface area (TPSA) is 77.7 Å². The van der Waals surface area contributed by atoms with E-state index in [1.54, 1.807) is 37.3 Å². The number of aromatic nitrogens is 1. The van der Waals surface area contributed by atoms with Crippen molar-refractivity contribution in [3.05, 3.63) is 77.7 Å². The van der Waals surface area contributed by atoms with Crippen molar-refractivity contribution in [1.82, 2.24) is 4.57 Å². The first kappa shape index (κ1) is 13.8. The van der Waals surface area contributed by atoms with Crippen LogP contribution in [0.4, 0.5) is 0 Å². The Morgan fingerprint density at radius 3 is 2.32 bits per heavy atom. The van der Waals surface area contributed by atoms with Crippen molar-refractivity contribution >= 4 is 11.8 Å². The third-order valence-corrected chi connectivity index (χ3v) is 3.05. The van der Waals surface area contributed by atoms with Gasteiger partial charge >= 0.3 is 5.91 Å². The number of amides is 1. The Kier molecular flexibility index (Phi) is 3.57. The van der Waals surface area contributed by atoms with Crippen LogP contribution in [0.2, 0.25) is 0 Å². The largest absolute Gasteiger partial charge is 0.459 e. The summed E-state index contributed by atoms with van der Waals surface area (Å²) >= 11 is 0. The van der Waals surface area contributed by atoms with Crippen LogP contribution in [-0.2, 0) is 0 Å². The normalized spacial score (nSPS) is 11.6. The van der Waals surface area contributed by atoms with Crippen LogP contribution < -0.4 is 5.49 Å². The Morgan fingerprint density at radius 1 is 1.00 bits per heavy atom. The summed E-state index contributed by atoms with van der Waals surface area (Å²) in [4.78, 5) is 28.5. The molecule has 22 heavy (non-hydrogen) atoms. The average molecular weight is 296 g/mol. The van der Waals surface area contributed by atoms with Gasteiger partial charge in [-0.2, -0.15) is 4.99 Å². The monoisotopic (exact) mass is 296 g/mol. The maximum atomic E-state index is 12.4. The molecule has 0 aliphatic rings. The summed E-state index contributed by atoms with van der Waals surface area (Å²) in [6, 6.07) is 9.75. The van der Waals surface area contributed by atoms with Gasteiger partial charge in [0.05, 0.1) is 12.5 Å². The maximum Gasteiger partial charge on any atom is 0.314 e. The first-order valence-corrected chi connectivity index (χ1v) is 6.56. The van der Waals surface area contributed by atoms with Crippen LogP contribution in [0.3, 0.4) is 0 Å². The Morgan fingerprint density at radius 2 is 1.68 bits per heavy atom. The lowest BCUT2D eigenvalue weighted by atomic mass is 10.3. The summed E-state index contributed by atoms with van der Waals surface area (Å²) in [5.41, 5.74) is 0.924. The third kappa shape index (κ3) is 2.54. The summed E-state index contributed by atoms with van der Waals surface area (Å²) in [6.45, 7) is 1.76. The minimum absolute atomic E-state index is 0.111. The van der Waals surface area contributed by atoms with Crippen molar-refractivity contribution < 1.29 is 18.4 Å². The first-order chi connectivity index (χ1) is 10.7. The van der Waals surface area contributed by atoms with Gasteiger partial charge in [0.25, 0.3) is 5.91 Å². The molecule has 6 heteroatoms. The van der Waals surface area contributed by atoms with E-state index < -0.39 is 11.8 Å². The fraction of sp³-hybridized carbons (Fsp3) is 0.0625. The van der Waals surface area contributed by atoms with Crippen molar-refractivity contribution in [2.24, 2.45) is 4.99 Å². The zero-order valence-corrected chi connectivity index (χ0v) is 11.7. The molecule has 3 rings (SSSR count). The van der Waals surface area contributed by atoms with Crippen LogP contribution in [0.5, 0.6) is 0 Å². The van der Waals surface area contributed by atoms with Crippen LogP contribution >= 0.6 is 0 Å². The fourth-order valence-electron chi connectivity index (χ4n) is 1.98. The third-order valence-electron chi connectivity index (χ3n) is 3.05. The van der Waals surface area contributed by atoms with Crippen LogP contribution in [0.15, 0.2) is 68.9 Å². The minimum atomic E-state index is -0.555. The van der Waals surface area contributed by atoms with Gasteiger partial charge < -0.3 is 8.83 Å². The number of pyridine rings is 1. The summed E-state index contributed by atoms with van der Waals surface area (Å²) in [5.74, 6) is -0.683. The van der Waals surface area contributed by atoms with Crippen LogP contribution in [0, 0.1) is 6.92 Å². The molecule has 0 spiro atoms. The van der Waals surface area contributed by atoms with Gasteiger partial charge in [-0.05, 0) is 42.8 Å². The van der Waals surface area contributed by atoms with E-state index in [1.165, 1.54) is 29.4 Å². The summed E-state index contributed by atoms with van der Waals surface area (Å²) in [7, 11) is 0. The molecule has 0 N–H and O–H groups in total. The first-order valence-electron chi connectivity index (χ1n) is 6.56. The number of hydrogen-bond donors (Lipinski definition) is 0. The van der Waals surface area contributed by atoms with E-state index >= 15 is 0 Å². The molecule has 6 nitrogen and oxygen atoms in total. The van der Waals surface area contributed by atoms with Gasteiger partial charge in [-0.3, -0.25) is 14.2 Å². The molecule has 0 fully saturated rings. The Hall–Kier alpha value is -3.15. The van der Waals surface area contributed by atoms with Crippen molar-refractivity contribution in [3.63, 3.8) is 0 Å². The van der Waals surface area contributed by atoms with Crippen molar-refractivity contribution in [1.29, 1.82) is 0 Å². The highest BCUT2D eigenvalue weighted by Crippen LogP contribution is 2.04. The molecule has 0 bridgehead atoms. The quantitative estimate of drug-likeness (QED) is 0.727. The number of carbonyl (C=O) groups excluding carboxylic acids is 2. The summed E-state index contributed by atoms with van der Waals surface area (Å²) in [5, 5.41) is 0. The molecule has 0 saturated heterocycles. The Balaban J connectivity index is 2.12. The molecule has 3 heterocycles. The second-order valence-electron chi connectivity index (χ2n) is 4.56. The molecule has 110 valence electrons. The van der Waals surface area contributed by atoms with Gasteiger partial charge in [-0.15, -0.1) is 0 Å². The molecular formula is C16H12N2O4. The molecule has 0 radical (unpaired) electrons. The molecule has 0 aliphatic carbocycles. The Bertz CT molecular complexity index is 871. The van der Waals surface area contributed by atoms with Crippen LogP contribution in [0.1, 0.15) is 26.7 Å². The standard InChI is InChI=1S/C16H12N2O4/c1-11-5-2-8-18(16(20)13-7-4-10-22-13)14(11)17-15(19)12-6-3-9-21-12/h2-10H,1H3. The van der Waals surface area contributed by atoms with E-state index in [0.717, 1.165) is 0 Å². The average Bonchev–Trinajstić information content (AvgIpc) is 3.22. The zero-order valence-electron chi connectivity index (χ0n) is 11.7. The highest BCUT2D eigenvalue weighted by atomic mass is 16.3. The van der Waals surface area contributed by atoms with Gasteiger partial charge in [-0.25, -0.2) is 0 Å². The minimum Gasteiger partial charge on any atom is -0.459 e. The predicted octanol–water partition coefficient (Wildman–Crippen LogP) is 2.41. The lowest BCUT2D eigenvalue weighted by molar-refractivity contribution is 0.0924. The maximum absolute atomic E-state index is 12.4. The Labute approximate surface area is 125 Å². The highest BCUT2D eigenvalue weighted by Gasteiger charge is 2.14. The number of nitrogens with zero attached hydrogens (tertiary/aromatic N) is 2. The van der Waals surface area contributed by atoms with E-state index in [9.17, 15) is 9.59 Å². The van der Waals surface area contributed by atoms with E-state index in [2.05, 4.69) is 4.99 Å². The second kappa shape index (κ2) is 5.69. The van der Waals surface area contributed by atoms with Crippen molar-refractivity contribution in [2.75, 3.05) is 0 Å². The molecule has 1 amide bonds. The molecular weight excluding hydrogens is 284 g/mol. The molecule has 0 aliphatic heterocycles. The smallest absolute Gasteiger partial charge is 0.314 e. The van der Waals surface area contributed by atoms with E-state index in [1.807, 2.05) is 0 Å². The lowest BCUT2D eigenvalue weighted by Gasteiger charge is -2.05. The van der Waals surface area contributed by atoms with E-state index in [4.69, 9.17) is 8.83 Å². The zero-order chi connectivity index (χ0) is 15.5.